The van der Waals surface area contributed by atoms with Crippen LogP contribution in [0.5, 0.6) is 11.5 Å². The van der Waals surface area contributed by atoms with Crippen LogP contribution in [0.2, 0.25) is 0 Å². The molecule has 0 saturated heterocycles. The number of benzene rings is 1. The Labute approximate surface area is 94.3 Å². The summed E-state index contributed by atoms with van der Waals surface area (Å²) in [7, 11) is 0. The van der Waals surface area contributed by atoms with Crippen LogP contribution in [-0.4, -0.2) is 18.6 Å². The van der Waals surface area contributed by atoms with Gasteiger partial charge in [-0.2, -0.15) is 0 Å². The van der Waals surface area contributed by atoms with Gasteiger partial charge in [-0.15, -0.1) is 0 Å². The van der Waals surface area contributed by atoms with E-state index in [1.807, 2.05) is 25.1 Å². The van der Waals surface area contributed by atoms with Crippen LogP contribution >= 0.6 is 0 Å². The van der Waals surface area contributed by atoms with E-state index in [1.54, 1.807) is 0 Å². The van der Waals surface area contributed by atoms with Gasteiger partial charge in [0.05, 0.1) is 6.61 Å². The minimum atomic E-state index is -0.510. The Morgan fingerprint density at radius 1 is 1.62 bits per heavy atom. The second-order valence-electron chi connectivity index (χ2n) is 3.75. The molecule has 2 rings (SSSR count). The first-order valence-corrected chi connectivity index (χ1v) is 5.42. The first kappa shape index (κ1) is 10.8. The van der Waals surface area contributed by atoms with E-state index < -0.39 is 12.0 Å². The predicted molar refractivity (Wildman–Crippen MR) is 59.5 cm³/mol. The van der Waals surface area contributed by atoms with Crippen LogP contribution in [0.15, 0.2) is 18.2 Å². The highest BCUT2D eigenvalue weighted by Gasteiger charge is 2.24. The average Bonchev–Trinajstić information content (AvgIpc) is 2.28. The molecule has 2 N–H and O–H groups in total. The lowest BCUT2D eigenvalue weighted by molar-refractivity contribution is -0.125. The number of primary amides is 1. The Morgan fingerprint density at radius 3 is 3.12 bits per heavy atom. The number of hydrogen-bond acceptors (Lipinski definition) is 3. The van der Waals surface area contributed by atoms with Gasteiger partial charge in [0.1, 0.15) is 11.5 Å². The number of carbonyl (C=O) groups excluding carboxylic acids is 1. The summed E-state index contributed by atoms with van der Waals surface area (Å²) >= 11 is 0. The first-order valence-electron chi connectivity index (χ1n) is 5.42. The number of carbonyl (C=O) groups is 1. The Balaban J connectivity index is 2.21. The molecule has 0 bridgehead atoms. The summed E-state index contributed by atoms with van der Waals surface area (Å²) in [5.74, 6) is 1.06. The lowest BCUT2D eigenvalue weighted by Crippen LogP contribution is -2.36. The van der Waals surface area contributed by atoms with Crippen molar-refractivity contribution in [3.63, 3.8) is 0 Å². The minimum absolute atomic E-state index is 0.410. The highest BCUT2D eigenvalue weighted by molar-refractivity contribution is 5.79. The van der Waals surface area contributed by atoms with Gasteiger partial charge in [0.2, 0.25) is 0 Å². The number of amides is 1. The van der Waals surface area contributed by atoms with Crippen molar-refractivity contribution in [3.05, 3.63) is 23.8 Å². The Morgan fingerprint density at radius 2 is 2.44 bits per heavy atom. The van der Waals surface area contributed by atoms with Gasteiger partial charge in [-0.1, -0.05) is 6.07 Å². The molecule has 1 unspecified atom stereocenters. The highest BCUT2D eigenvalue weighted by atomic mass is 16.5. The normalized spacial score (nSPS) is 18.4. The number of ether oxygens (including phenoxy) is 2. The van der Waals surface area contributed by atoms with E-state index in [-0.39, 0.29) is 0 Å². The molecule has 0 aliphatic carbocycles. The smallest absolute Gasteiger partial charge is 0.258 e. The second-order valence-corrected chi connectivity index (χ2v) is 3.75. The average molecular weight is 221 g/mol. The standard InChI is InChI=1S/C12H15NO3/c1-2-15-9-5-3-8-4-6-10(12(13)14)16-11(8)7-9/h3,5,7,10H,2,4,6H2,1H3,(H2,13,14). The Kier molecular flexibility index (Phi) is 2.99. The predicted octanol–water partition coefficient (Wildman–Crippen LogP) is 1.26. The topological polar surface area (TPSA) is 61.6 Å². The van der Waals surface area contributed by atoms with E-state index in [4.69, 9.17) is 15.2 Å². The quantitative estimate of drug-likeness (QED) is 0.836. The molecule has 1 aromatic carbocycles. The summed E-state index contributed by atoms with van der Waals surface area (Å²) < 4.78 is 10.9. The van der Waals surface area contributed by atoms with Crippen molar-refractivity contribution in [2.24, 2.45) is 5.73 Å². The van der Waals surface area contributed by atoms with Crippen LogP contribution in [0, 0.1) is 0 Å². The molecule has 0 aromatic heterocycles. The van der Waals surface area contributed by atoms with Gasteiger partial charge in [0.25, 0.3) is 5.91 Å². The van der Waals surface area contributed by atoms with Crippen molar-refractivity contribution in [3.8, 4) is 11.5 Å². The van der Waals surface area contributed by atoms with Crippen LogP contribution in [-0.2, 0) is 11.2 Å². The fourth-order valence-electron chi connectivity index (χ4n) is 1.81. The largest absolute Gasteiger partial charge is 0.494 e. The number of nitrogens with two attached hydrogens (primary N) is 1. The lowest BCUT2D eigenvalue weighted by Gasteiger charge is -2.24. The van der Waals surface area contributed by atoms with Gasteiger partial charge < -0.3 is 15.2 Å². The fraction of sp³-hybridized carbons (Fsp3) is 0.417. The Bertz CT molecular complexity index is 403. The molecule has 0 spiro atoms. The maximum Gasteiger partial charge on any atom is 0.258 e. The van der Waals surface area contributed by atoms with Crippen LogP contribution in [0.4, 0.5) is 0 Å². The zero-order valence-electron chi connectivity index (χ0n) is 9.23. The third-order valence-electron chi connectivity index (χ3n) is 2.61. The molecule has 0 saturated carbocycles. The highest BCUT2D eigenvalue weighted by Crippen LogP contribution is 2.31. The van der Waals surface area contributed by atoms with Crippen molar-refractivity contribution in [1.82, 2.24) is 0 Å². The molecular formula is C12H15NO3. The SMILES string of the molecule is CCOc1ccc2c(c1)OC(C(N)=O)CC2. The number of hydrogen-bond donors (Lipinski definition) is 1. The summed E-state index contributed by atoms with van der Waals surface area (Å²) in [6.07, 6.45) is 0.954. The third-order valence-corrected chi connectivity index (χ3v) is 2.61. The van der Waals surface area contributed by atoms with Crippen molar-refractivity contribution in [1.29, 1.82) is 0 Å². The monoisotopic (exact) mass is 221 g/mol. The zero-order valence-corrected chi connectivity index (χ0v) is 9.23. The molecule has 0 fully saturated rings. The van der Waals surface area contributed by atoms with Crippen LogP contribution in [0.25, 0.3) is 0 Å². The van der Waals surface area contributed by atoms with Gasteiger partial charge in [-0.3, -0.25) is 4.79 Å². The van der Waals surface area contributed by atoms with Crippen LogP contribution in [0.3, 0.4) is 0 Å². The van der Waals surface area contributed by atoms with Crippen molar-refractivity contribution >= 4 is 5.91 Å². The van der Waals surface area contributed by atoms with Crippen molar-refractivity contribution < 1.29 is 14.3 Å². The maximum absolute atomic E-state index is 11.0. The second kappa shape index (κ2) is 4.43. The number of rotatable bonds is 3. The molecule has 16 heavy (non-hydrogen) atoms. The minimum Gasteiger partial charge on any atom is -0.494 e. The van der Waals surface area contributed by atoms with Gasteiger partial charge >= 0.3 is 0 Å². The van der Waals surface area contributed by atoms with Gasteiger partial charge in [0, 0.05) is 6.07 Å². The molecule has 0 radical (unpaired) electrons. The first-order chi connectivity index (χ1) is 7.70. The molecule has 1 heterocycles. The maximum atomic E-state index is 11.0. The molecule has 1 amide bonds. The van der Waals surface area contributed by atoms with Gasteiger partial charge in [-0.25, -0.2) is 0 Å². The van der Waals surface area contributed by atoms with Crippen LogP contribution in [0.1, 0.15) is 18.9 Å². The fourth-order valence-corrected chi connectivity index (χ4v) is 1.81. The summed E-state index contributed by atoms with van der Waals surface area (Å²) in [6.45, 7) is 2.53. The molecular weight excluding hydrogens is 206 g/mol. The summed E-state index contributed by atoms with van der Waals surface area (Å²) in [4.78, 5) is 11.0. The van der Waals surface area contributed by atoms with E-state index in [0.717, 1.165) is 17.7 Å². The van der Waals surface area contributed by atoms with E-state index in [0.29, 0.717) is 18.8 Å². The number of aryl methyl sites for hydroxylation is 1. The molecule has 4 nitrogen and oxygen atoms in total. The van der Waals surface area contributed by atoms with Gasteiger partial charge in [-0.05, 0) is 31.4 Å². The van der Waals surface area contributed by atoms with E-state index >= 15 is 0 Å². The number of fused-ring (bicyclic) bond motifs is 1. The molecule has 86 valence electrons. The summed E-state index contributed by atoms with van der Waals surface area (Å²) in [6, 6.07) is 5.70. The summed E-state index contributed by atoms with van der Waals surface area (Å²) in [5.41, 5.74) is 6.32. The molecule has 1 atom stereocenters. The van der Waals surface area contributed by atoms with E-state index in [9.17, 15) is 4.79 Å². The van der Waals surface area contributed by atoms with Crippen LogP contribution < -0.4 is 15.2 Å². The van der Waals surface area contributed by atoms with Gasteiger partial charge in [0.15, 0.2) is 6.10 Å². The van der Waals surface area contributed by atoms with E-state index in [2.05, 4.69) is 0 Å². The zero-order chi connectivity index (χ0) is 11.5. The van der Waals surface area contributed by atoms with Crippen molar-refractivity contribution in [2.45, 2.75) is 25.9 Å². The molecule has 1 aromatic rings. The van der Waals surface area contributed by atoms with Crippen molar-refractivity contribution in [2.75, 3.05) is 6.61 Å². The summed E-state index contributed by atoms with van der Waals surface area (Å²) in [5, 5.41) is 0. The molecule has 1 aliphatic heterocycles. The third kappa shape index (κ3) is 2.10. The molecule has 1 aliphatic rings. The lowest BCUT2D eigenvalue weighted by atomic mass is 10.0. The Hall–Kier alpha value is -1.71. The van der Waals surface area contributed by atoms with E-state index in [1.165, 1.54) is 0 Å². The molecule has 4 heteroatoms.